The molecule has 0 aliphatic rings. The Morgan fingerprint density at radius 3 is 2.90 bits per heavy atom. The standard InChI is InChI=1S/C14H14F2N2O2S/c1-2-3-4-7-18-13-10(6-5-9(15)12(13)16)17-14(18)21-8-11(19)20/h2-3,5-6H,4,7-8H2,1H3,(H,19,20)/b3-2+. The van der Waals surface area contributed by atoms with E-state index >= 15 is 0 Å². The number of carboxylic acids is 1. The molecule has 2 aromatic rings. The molecular formula is C14H14F2N2O2S. The largest absolute Gasteiger partial charge is 0.481 e. The van der Waals surface area contributed by atoms with Crippen LogP contribution < -0.4 is 0 Å². The predicted octanol–water partition coefficient (Wildman–Crippen LogP) is 3.46. The van der Waals surface area contributed by atoms with E-state index in [-0.39, 0.29) is 11.3 Å². The molecule has 0 spiro atoms. The van der Waals surface area contributed by atoms with Crippen LogP contribution in [0.2, 0.25) is 0 Å². The van der Waals surface area contributed by atoms with Gasteiger partial charge in [0.15, 0.2) is 16.8 Å². The van der Waals surface area contributed by atoms with Gasteiger partial charge in [0.1, 0.15) is 5.52 Å². The molecule has 7 heteroatoms. The highest BCUT2D eigenvalue weighted by molar-refractivity contribution is 7.99. The van der Waals surface area contributed by atoms with E-state index in [0.29, 0.717) is 23.6 Å². The van der Waals surface area contributed by atoms with Crippen molar-refractivity contribution in [3.05, 3.63) is 35.9 Å². The van der Waals surface area contributed by atoms with Gasteiger partial charge in [-0.2, -0.15) is 0 Å². The van der Waals surface area contributed by atoms with E-state index in [1.165, 1.54) is 10.6 Å². The summed E-state index contributed by atoms with van der Waals surface area (Å²) in [6, 6.07) is 2.41. The monoisotopic (exact) mass is 312 g/mol. The average molecular weight is 312 g/mol. The van der Waals surface area contributed by atoms with Crippen LogP contribution in [0.4, 0.5) is 8.78 Å². The third kappa shape index (κ3) is 3.41. The van der Waals surface area contributed by atoms with Crippen molar-refractivity contribution in [3.63, 3.8) is 0 Å². The van der Waals surface area contributed by atoms with E-state index in [1.807, 2.05) is 19.1 Å². The minimum absolute atomic E-state index is 0.0763. The Morgan fingerprint density at radius 1 is 1.48 bits per heavy atom. The number of thioether (sulfide) groups is 1. The molecule has 0 atom stereocenters. The molecule has 1 aromatic heterocycles. The Morgan fingerprint density at radius 2 is 2.24 bits per heavy atom. The summed E-state index contributed by atoms with van der Waals surface area (Å²) >= 11 is 0.993. The maximum absolute atomic E-state index is 14.0. The van der Waals surface area contributed by atoms with Crippen molar-refractivity contribution in [1.29, 1.82) is 0 Å². The van der Waals surface area contributed by atoms with Crippen LogP contribution in [0.1, 0.15) is 13.3 Å². The molecular weight excluding hydrogens is 298 g/mol. The van der Waals surface area contributed by atoms with Gasteiger partial charge in [-0.1, -0.05) is 23.9 Å². The first-order chi connectivity index (χ1) is 10.0. The number of nitrogens with zero attached hydrogens (tertiary/aromatic N) is 2. The second-order valence-electron chi connectivity index (χ2n) is 4.32. The number of aromatic nitrogens is 2. The molecule has 4 nitrogen and oxygen atoms in total. The van der Waals surface area contributed by atoms with E-state index in [0.717, 1.165) is 17.8 Å². The molecule has 1 N–H and O–H groups in total. The summed E-state index contributed by atoms with van der Waals surface area (Å²) in [4.78, 5) is 14.9. The van der Waals surface area contributed by atoms with Crippen molar-refractivity contribution in [1.82, 2.24) is 9.55 Å². The fourth-order valence-corrected chi connectivity index (χ4v) is 2.70. The van der Waals surface area contributed by atoms with Crippen LogP contribution in [0.3, 0.4) is 0 Å². The van der Waals surface area contributed by atoms with E-state index in [2.05, 4.69) is 4.98 Å². The minimum atomic E-state index is -0.987. The molecule has 0 fully saturated rings. The maximum Gasteiger partial charge on any atom is 0.313 e. The maximum atomic E-state index is 14.0. The van der Waals surface area contributed by atoms with Crippen LogP contribution in [0, 0.1) is 11.6 Å². The molecule has 2 rings (SSSR count). The number of fused-ring (bicyclic) bond motifs is 1. The molecule has 0 saturated heterocycles. The van der Waals surface area contributed by atoms with E-state index < -0.39 is 17.6 Å². The number of aryl methyl sites for hydroxylation is 1. The summed E-state index contributed by atoms with van der Waals surface area (Å²) in [7, 11) is 0. The first kappa shape index (κ1) is 15.5. The molecule has 0 radical (unpaired) electrons. The highest BCUT2D eigenvalue weighted by atomic mass is 32.2. The molecule has 0 aliphatic carbocycles. The van der Waals surface area contributed by atoms with Gasteiger partial charge in [0.25, 0.3) is 0 Å². The Kier molecular flexibility index (Phi) is 4.95. The normalized spacial score (nSPS) is 11.6. The fraction of sp³-hybridized carbons (Fsp3) is 0.286. The van der Waals surface area contributed by atoms with Crippen molar-refractivity contribution in [3.8, 4) is 0 Å². The number of hydrogen-bond donors (Lipinski definition) is 1. The summed E-state index contributed by atoms with van der Waals surface area (Å²) in [5.41, 5.74) is 0.398. The van der Waals surface area contributed by atoms with Crippen LogP contribution in [-0.2, 0) is 11.3 Å². The molecule has 1 heterocycles. The van der Waals surface area contributed by atoms with Crippen molar-refractivity contribution >= 4 is 28.8 Å². The lowest BCUT2D eigenvalue weighted by molar-refractivity contribution is -0.133. The summed E-state index contributed by atoms with van der Waals surface area (Å²) < 4.78 is 28.9. The van der Waals surface area contributed by atoms with Crippen molar-refractivity contribution in [2.24, 2.45) is 0 Å². The fourth-order valence-electron chi connectivity index (χ4n) is 1.95. The van der Waals surface area contributed by atoms with Gasteiger partial charge in [-0.15, -0.1) is 0 Å². The number of carboxylic acid groups (broad SMARTS) is 1. The summed E-state index contributed by atoms with van der Waals surface area (Å²) in [6.07, 6.45) is 4.38. The smallest absolute Gasteiger partial charge is 0.313 e. The van der Waals surface area contributed by atoms with Gasteiger partial charge in [0.05, 0.1) is 11.3 Å². The van der Waals surface area contributed by atoms with Crippen molar-refractivity contribution in [2.75, 3.05) is 5.75 Å². The van der Waals surface area contributed by atoms with Gasteiger partial charge in [-0.3, -0.25) is 4.79 Å². The van der Waals surface area contributed by atoms with Crippen molar-refractivity contribution < 1.29 is 18.7 Å². The molecule has 0 saturated carbocycles. The lowest BCUT2D eigenvalue weighted by Gasteiger charge is -2.07. The highest BCUT2D eigenvalue weighted by Gasteiger charge is 2.18. The number of rotatable bonds is 6. The zero-order valence-corrected chi connectivity index (χ0v) is 12.2. The Hall–Kier alpha value is -1.89. The minimum Gasteiger partial charge on any atom is -0.481 e. The number of imidazole rings is 1. The van der Waals surface area contributed by atoms with Gasteiger partial charge in [0.2, 0.25) is 0 Å². The van der Waals surface area contributed by atoms with Gasteiger partial charge in [0, 0.05) is 6.54 Å². The van der Waals surface area contributed by atoms with Crippen LogP contribution in [0.15, 0.2) is 29.4 Å². The summed E-state index contributed by atoms with van der Waals surface area (Å²) in [5.74, 6) is -3.07. The van der Waals surface area contributed by atoms with Gasteiger partial charge in [-0.05, 0) is 25.5 Å². The first-order valence-corrected chi connectivity index (χ1v) is 7.33. The number of halogens is 2. The van der Waals surface area contributed by atoms with E-state index in [4.69, 9.17) is 5.11 Å². The predicted molar refractivity (Wildman–Crippen MR) is 77.4 cm³/mol. The zero-order valence-electron chi connectivity index (χ0n) is 11.3. The molecule has 0 amide bonds. The second-order valence-corrected chi connectivity index (χ2v) is 5.26. The molecule has 1 aromatic carbocycles. The number of hydrogen-bond acceptors (Lipinski definition) is 3. The quantitative estimate of drug-likeness (QED) is 0.655. The summed E-state index contributed by atoms with van der Waals surface area (Å²) in [6.45, 7) is 2.27. The highest BCUT2D eigenvalue weighted by Crippen LogP contribution is 2.27. The molecule has 0 aliphatic heterocycles. The number of allylic oxidation sites excluding steroid dienone is 2. The molecule has 112 valence electrons. The third-order valence-electron chi connectivity index (χ3n) is 2.84. The van der Waals surface area contributed by atoms with Crippen LogP contribution in [0.25, 0.3) is 11.0 Å². The Bertz CT molecular complexity index is 698. The Balaban J connectivity index is 2.47. The van der Waals surface area contributed by atoms with Gasteiger partial charge >= 0.3 is 5.97 Å². The zero-order chi connectivity index (χ0) is 15.4. The average Bonchev–Trinajstić information content (AvgIpc) is 2.80. The SMILES string of the molecule is C/C=C/CCn1c(SCC(=O)O)nc2ccc(F)c(F)c21. The number of carbonyl (C=O) groups is 1. The van der Waals surface area contributed by atoms with Crippen molar-refractivity contribution in [2.45, 2.75) is 25.0 Å². The van der Waals surface area contributed by atoms with E-state index in [9.17, 15) is 13.6 Å². The van der Waals surface area contributed by atoms with Crippen LogP contribution >= 0.6 is 11.8 Å². The Labute approximate surface area is 124 Å². The first-order valence-electron chi connectivity index (χ1n) is 6.34. The summed E-state index contributed by atoms with van der Waals surface area (Å²) in [5, 5.41) is 9.13. The van der Waals surface area contributed by atoms with Gasteiger partial charge in [-0.25, -0.2) is 13.8 Å². The van der Waals surface area contributed by atoms with E-state index in [1.54, 1.807) is 0 Å². The lowest BCUT2D eigenvalue weighted by atomic mass is 10.3. The van der Waals surface area contributed by atoms with Gasteiger partial charge < -0.3 is 9.67 Å². The number of aliphatic carboxylic acids is 1. The van der Waals surface area contributed by atoms with Crippen LogP contribution in [0.5, 0.6) is 0 Å². The molecule has 21 heavy (non-hydrogen) atoms. The number of benzene rings is 1. The topological polar surface area (TPSA) is 55.1 Å². The molecule has 0 unspecified atom stereocenters. The second kappa shape index (κ2) is 6.71. The molecule has 0 bridgehead atoms. The third-order valence-corrected chi connectivity index (χ3v) is 3.81. The lowest BCUT2D eigenvalue weighted by Crippen LogP contribution is -2.04. The van der Waals surface area contributed by atoms with Crippen LogP contribution in [-0.4, -0.2) is 26.4 Å².